The molecule has 1 aromatic heterocycles. The first kappa shape index (κ1) is 8.79. The van der Waals surface area contributed by atoms with Gasteiger partial charge in [0.25, 0.3) is 0 Å². The molecular formula is C9H13N3. The first-order valence-corrected chi connectivity index (χ1v) is 4.11. The van der Waals surface area contributed by atoms with E-state index in [1.807, 2.05) is 10.7 Å². The highest BCUT2D eigenvalue weighted by molar-refractivity contribution is 5.06. The maximum absolute atomic E-state index is 8.51. The van der Waals surface area contributed by atoms with Crippen LogP contribution in [0.5, 0.6) is 0 Å². The molecule has 0 unspecified atom stereocenters. The van der Waals surface area contributed by atoms with Gasteiger partial charge in [-0.1, -0.05) is 13.8 Å². The predicted molar refractivity (Wildman–Crippen MR) is 46.4 cm³/mol. The van der Waals surface area contributed by atoms with Gasteiger partial charge >= 0.3 is 0 Å². The molecular weight excluding hydrogens is 150 g/mol. The van der Waals surface area contributed by atoms with Crippen molar-refractivity contribution in [2.75, 3.05) is 0 Å². The number of hydrogen-bond donors (Lipinski definition) is 0. The quantitative estimate of drug-likeness (QED) is 0.679. The van der Waals surface area contributed by atoms with Crippen molar-refractivity contribution in [2.24, 2.45) is 5.92 Å². The van der Waals surface area contributed by atoms with Crippen molar-refractivity contribution in [1.82, 2.24) is 9.78 Å². The van der Waals surface area contributed by atoms with Crippen molar-refractivity contribution < 1.29 is 0 Å². The first-order valence-electron chi connectivity index (χ1n) is 4.11. The Morgan fingerprint density at radius 3 is 3.00 bits per heavy atom. The predicted octanol–water partition coefficient (Wildman–Crippen LogP) is 1.61. The van der Waals surface area contributed by atoms with Crippen LogP contribution >= 0.6 is 0 Å². The first-order chi connectivity index (χ1) is 5.74. The van der Waals surface area contributed by atoms with E-state index in [0.717, 1.165) is 12.2 Å². The van der Waals surface area contributed by atoms with E-state index in [2.05, 4.69) is 25.0 Å². The fraction of sp³-hybridized carbons (Fsp3) is 0.556. The summed E-state index contributed by atoms with van der Waals surface area (Å²) in [7, 11) is 0. The summed E-state index contributed by atoms with van der Waals surface area (Å²) in [5, 5.41) is 12.6. The van der Waals surface area contributed by atoms with Gasteiger partial charge in [0.2, 0.25) is 0 Å². The Hall–Kier alpha value is -1.30. The van der Waals surface area contributed by atoms with Crippen LogP contribution in [0.3, 0.4) is 0 Å². The minimum atomic E-state index is 0.451. The Morgan fingerprint density at radius 2 is 2.42 bits per heavy atom. The zero-order chi connectivity index (χ0) is 8.97. The Morgan fingerprint density at radius 1 is 1.67 bits per heavy atom. The van der Waals surface area contributed by atoms with Crippen molar-refractivity contribution in [2.45, 2.75) is 26.8 Å². The summed E-state index contributed by atoms with van der Waals surface area (Å²) >= 11 is 0. The van der Waals surface area contributed by atoms with E-state index in [4.69, 9.17) is 5.26 Å². The van der Waals surface area contributed by atoms with E-state index in [-0.39, 0.29) is 0 Å². The second-order valence-corrected chi connectivity index (χ2v) is 3.23. The Kier molecular flexibility index (Phi) is 2.87. The summed E-state index contributed by atoms with van der Waals surface area (Å²) < 4.78 is 1.90. The van der Waals surface area contributed by atoms with Gasteiger partial charge < -0.3 is 0 Å². The molecule has 1 aromatic rings. The molecule has 0 aliphatic carbocycles. The third-order valence-electron chi connectivity index (χ3n) is 1.60. The fourth-order valence-corrected chi connectivity index (χ4v) is 1.10. The highest BCUT2D eigenvalue weighted by Gasteiger charge is 2.02. The van der Waals surface area contributed by atoms with Crippen LogP contribution < -0.4 is 0 Å². The summed E-state index contributed by atoms with van der Waals surface area (Å²) in [6.07, 6.45) is 2.20. The Labute approximate surface area is 72.6 Å². The van der Waals surface area contributed by atoms with Gasteiger partial charge in [-0.3, -0.25) is 4.68 Å². The highest BCUT2D eigenvalue weighted by Crippen LogP contribution is 2.03. The maximum Gasteiger partial charge on any atom is 0.0771 e. The molecule has 0 amide bonds. The molecule has 0 aliphatic heterocycles. The second kappa shape index (κ2) is 3.91. The minimum absolute atomic E-state index is 0.451. The largest absolute Gasteiger partial charge is 0.268 e. The molecule has 0 spiro atoms. The molecule has 0 saturated heterocycles. The molecule has 3 heteroatoms. The van der Waals surface area contributed by atoms with Gasteiger partial charge in [0, 0.05) is 12.7 Å². The summed E-state index contributed by atoms with van der Waals surface area (Å²) in [6.45, 7) is 5.17. The average molecular weight is 163 g/mol. The van der Waals surface area contributed by atoms with Gasteiger partial charge in [-0.05, 0) is 12.0 Å². The van der Waals surface area contributed by atoms with Crippen molar-refractivity contribution in [3.05, 3.63) is 18.0 Å². The smallest absolute Gasteiger partial charge is 0.0771 e. The monoisotopic (exact) mass is 163 g/mol. The molecule has 12 heavy (non-hydrogen) atoms. The SMILES string of the molecule is CC(C)Cn1nccc1CC#N. The molecule has 0 saturated carbocycles. The van der Waals surface area contributed by atoms with E-state index in [1.54, 1.807) is 6.20 Å². The van der Waals surface area contributed by atoms with Crippen molar-refractivity contribution in [1.29, 1.82) is 5.26 Å². The summed E-state index contributed by atoms with van der Waals surface area (Å²) in [5.74, 6) is 0.572. The standard InChI is InChI=1S/C9H13N3/c1-8(2)7-12-9(3-5-10)4-6-11-12/h4,6,8H,3,7H2,1-2H3. The molecule has 0 N–H and O–H groups in total. The number of rotatable bonds is 3. The highest BCUT2D eigenvalue weighted by atomic mass is 15.3. The number of nitriles is 1. The number of nitrogens with zero attached hydrogens (tertiary/aromatic N) is 3. The summed E-state index contributed by atoms with van der Waals surface area (Å²) in [6, 6.07) is 4.02. The third-order valence-corrected chi connectivity index (χ3v) is 1.60. The van der Waals surface area contributed by atoms with Gasteiger partial charge in [0.1, 0.15) is 0 Å². The molecule has 0 bridgehead atoms. The van der Waals surface area contributed by atoms with Gasteiger partial charge in [-0.15, -0.1) is 0 Å². The van der Waals surface area contributed by atoms with E-state index < -0.39 is 0 Å². The number of aromatic nitrogens is 2. The molecule has 3 nitrogen and oxygen atoms in total. The van der Waals surface area contributed by atoms with Crippen LogP contribution in [0, 0.1) is 17.2 Å². The van der Waals surface area contributed by atoms with Gasteiger partial charge in [-0.25, -0.2) is 0 Å². The molecule has 0 aliphatic rings. The maximum atomic E-state index is 8.51. The van der Waals surface area contributed by atoms with Crippen molar-refractivity contribution >= 4 is 0 Å². The zero-order valence-electron chi connectivity index (χ0n) is 7.49. The van der Waals surface area contributed by atoms with E-state index in [9.17, 15) is 0 Å². The number of hydrogen-bond acceptors (Lipinski definition) is 2. The molecule has 0 atom stereocenters. The van der Waals surface area contributed by atoms with E-state index >= 15 is 0 Å². The normalized spacial score (nSPS) is 10.2. The summed E-state index contributed by atoms with van der Waals surface area (Å²) in [5.41, 5.74) is 1.01. The van der Waals surface area contributed by atoms with Gasteiger partial charge in [0.05, 0.1) is 18.2 Å². The lowest BCUT2D eigenvalue weighted by molar-refractivity contribution is 0.472. The minimum Gasteiger partial charge on any atom is -0.268 e. The van der Waals surface area contributed by atoms with E-state index in [0.29, 0.717) is 12.3 Å². The third kappa shape index (κ3) is 2.09. The topological polar surface area (TPSA) is 41.6 Å². The second-order valence-electron chi connectivity index (χ2n) is 3.23. The van der Waals surface area contributed by atoms with Crippen LogP contribution in [0.2, 0.25) is 0 Å². The molecule has 1 rings (SSSR count). The van der Waals surface area contributed by atoms with Crippen LogP contribution in [0.1, 0.15) is 19.5 Å². The summed E-state index contributed by atoms with van der Waals surface area (Å²) in [4.78, 5) is 0. The van der Waals surface area contributed by atoms with Gasteiger partial charge in [0.15, 0.2) is 0 Å². The van der Waals surface area contributed by atoms with Crippen LogP contribution in [-0.4, -0.2) is 9.78 Å². The van der Waals surface area contributed by atoms with Crippen LogP contribution in [0.4, 0.5) is 0 Å². The molecule has 64 valence electrons. The lowest BCUT2D eigenvalue weighted by Gasteiger charge is -2.07. The lowest BCUT2D eigenvalue weighted by Crippen LogP contribution is -2.09. The molecule has 0 fully saturated rings. The molecule has 0 radical (unpaired) electrons. The van der Waals surface area contributed by atoms with Crippen molar-refractivity contribution in [3.8, 4) is 6.07 Å². The molecule has 0 aromatic carbocycles. The van der Waals surface area contributed by atoms with Crippen LogP contribution in [0.15, 0.2) is 12.3 Å². The van der Waals surface area contributed by atoms with Crippen LogP contribution in [0.25, 0.3) is 0 Å². The average Bonchev–Trinajstić information content (AvgIpc) is 2.37. The lowest BCUT2D eigenvalue weighted by atomic mass is 10.2. The van der Waals surface area contributed by atoms with Gasteiger partial charge in [-0.2, -0.15) is 10.4 Å². The molecule has 1 heterocycles. The Bertz CT molecular complexity index is 280. The zero-order valence-corrected chi connectivity index (χ0v) is 7.49. The van der Waals surface area contributed by atoms with Crippen LogP contribution in [-0.2, 0) is 13.0 Å². The van der Waals surface area contributed by atoms with Crippen molar-refractivity contribution in [3.63, 3.8) is 0 Å². The fourth-order valence-electron chi connectivity index (χ4n) is 1.10. The Balaban J connectivity index is 2.71. The van der Waals surface area contributed by atoms with E-state index in [1.165, 1.54) is 0 Å².